The van der Waals surface area contributed by atoms with E-state index in [1.54, 1.807) is 13.1 Å². The molecule has 0 aliphatic rings. The molecule has 0 radical (unpaired) electrons. The first-order chi connectivity index (χ1) is 10.5. The van der Waals surface area contributed by atoms with Crippen molar-refractivity contribution >= 4 is 17.7 Å². The van der Waals surface area contributed by atoms with E-state index in [2.05, 4.69) is 42.3 Å². The number of nitrogens with one attached hydrogen (secondary N) is 1. The summed E-state index contributed by atoms with van der Waals surface area (Å²) >= 11 is 1.38. The molecule has 22 heavy (non-hydrogen) atoms. The molecule has 2 rings (SSSR count). The van der Waals surface area contributed by atoms with Crippen LogP contribution in [0.15, 0.2) is 35.7 Å². The normalized spacial score (nSPS) is 12.2. The van der Waals surface area contributed by atoms with Gasteiger partial charge in [0.05, 0.1) is 11.9 Å². The molecule has 1 aromatic carbocycles. The Morgan fingerprint density at radius 2 is 2.05 bits per heavy atom. The number of imidazole rings is 1. The van der Waals surface area contributed by atoms with Crippen LogP contribution in [0.1, 0.15) is 18.1 Å². The number of thioether (sulfide) groups is 1. The van der Waals surface area contributed by atoms with Crippen LogP contribution in [0.2, 0.25) is 0 Å². The number of hydrogen-bond donors (Lipinski definition) is 2. The number of aromatic nitrogens is 2. The SMILES string of the molecule is Cc1cc(C)cc(-n2ccnc2SCC(=O)NCC(C)O)c1. The summed E-state index contributed by atoms with van der Waals surface area (Å²) in [5.74, 6) is 0.162. The van der Waals surface area contributed by atoms with Crippen molar-refractivity contribution in [3.63, 3.8) is 0 Å². The van der Waals surface area contributed by atoms with Gasteiger partial charge in [-0.05, 0) is 44.0 Å². The highest BCUT2D eigenvalue weighted by molar-refractivity contribution is 7.99. The standard InChI is InChI=1S/C16H21N3O2S/c1-11-6-12(2)8-14(7-11)19-5-4-17-16(19)22-10-15(21)18-9-13(3)20/h4-8,13,20H,9-10H2,1-3H3,(H,18,21). The third-order valence-electron chi connectivity index (χ3n) is 3.02. The van der Waals surface area contributed by atoms with Crippen molar-refractivity contribution in [1.29, 1.82) is 0 Å². The van der Waals surface area contributed by atoms with Gasteiger partial charge in [0.15, 0.2) is 5.16 Å². The zero-order chi connectivity index (χ0) is 16.1. The summed E-state index contributed by atoms with van der Waals surface area (Å²) in [6.07, 6.45) is 3.09. The number of benzene rings is 1. The Hall–Kier alpha value is -1.79. The highest BCUT2D eigenvalue weighted by atomic mass is 32.2. The molecule has 1 amide bonds. The number of amides is 1. The van der Waals surface area contributed by atoms with Gasteiger partial charge in [0, 0.05) is 24.6 Å². The third kappa shape index (κ3) is 4.61. The largest absolute Gasteiger partial charge is 0.392 e. The van der Waals surface area contributed by atoms with Crippen LogP contribution in [0.25, 0.3) is 5.69 Å². The number of carbonyl (C=O) groups is 1. The Morgan fingerprint density at radius 1 is 1.36 bits per heavy atom. The average Bonchev–Trinajstić information content (AvgIpc) is 2.90. The molecule has 0 spiro atoms. The number of rotatable bonds is 6. The molecule has 1 heterocycles. The summed E-state index contributed by atoms with van der Waals surface area (Å²) < 4.78 is 1.98. The molecule has 2 aromatic rings. The van der Waals surface area contributed by atoms with Gasteiger partial charge in [-0.3, -0.25) is 9.36 Å². The van der Waals surface area contributed by atoms with Gasteiger partial charge < -0.3 is 10.4 Å². The van der Waals surface area contributed by atoms with Crippen LogP contribution in [0, 0.1) is 13.8 Å². The van der Waals surface area contributed by atoms with E-state index in [-0.39, 0.29) is 18.2 Å². The second-order valence-electron chi connectivity index (χ2n) is 5.37. The lowest BCUT2D eigenvalue weighted by Gasteiger charge is -2.10. The average molecular weight is 319 g/mol. The van der Waals surface area contributed by atoms with Crippen molar-refractivity contribution in [1.82, 2.24) is 14.9 Å². The van der Waals surface area contributed by atoms with Crippen LogP contribution < -0.4 is 5.32 Å². The Labute approximate surface area is 134 Å². The van der Waals surface area contributed by atoms with Crippen LogP contribution in [-0.2, 0) is 4.79 Å². The number of nitrogens with zero attached hydrogens (tertiary/aromatic N) is 2. The van der Waals surface area contributed by atoms with Gasteiger partial charge in [0.2, 0.25) is 5.91 Å². The lowest BCUT2D eigenvalue weighted by molar-refractivity contribution is -0.118. The summed E-state index contributed by atoms with van der Waals surface area (Å²) in [5.41, 5.74) is 3.42. The van der Waals surface area contributed by atoms with E-state index in [1.807, 2.05) is 10.8 Å². The Morgan fingerprint density at radius 3 is 2.68 bits per heavy atom. The smallest absolute Gasteiger partial charge is 0.230 e. The molecule has 0 aliphatic heterocycles. The van der Waals surface area contributed by atoms with Crippen LogP contribution >= 0.6 is 11.8 Å². The summed E-state index contributed by atoms with van der Waals surface area (Å²) in [7, 11) is 0. The Bertz CT molecular complexity index is 632. The number of aliphatic hydroxyl groups excluding tert-OH is 1. The summed E-state index contributed by atoms with van der Waals surface area (Å²) in [4.78, 5) is 16.0. The first kappa shape index (κ1) is 16.6. The first-order valence-corrected chi connectivity index (χ1v) is 8.14. The van der Waals surface area contributed by atoms with Crippen molar-refractivity contribution in [2.45, 2.75) is 32.0 Å². The summed E-state index contributed by atoms with van der Waals surface area (Å²) in [5, 5.41) is 12.6. The van der Waals surface area contributed by atoms with Crippen molar-refractivity contribution in [3.05, 3.63) is 41.7 Å². The molecule has 0 bridgehead atoms. The fraction of sp³-hybridized carbons (Fsp3) is 0.375. The van der Waals surface area contributed by atoms with Crippen LogP contribution in [-0.4, -0.2) is 39.0 Å². The van der Waals surface area contributed by atoms with E-state index >= 15 is 0 Å². The van der Waals surface area contributed by atoms with Gasteiger partial charge in [0.25, 0.3) is 0 Å². The number of carbonyl (C=O) groups excluding carboxylic acids is 1. The molecule has 0 aliphatic carbocycles. The van der Waals surface area contributed by atoms with E-state index in [0.717, 1.165) is 10.8 Å². The minimum absolute atomic E-state index is 0.110. The zero-order valence-electron chi connectivity index (χ0n) is 13.0. The molecule has 6 heteroatoms. The molecule has 1 unspecified atom stereocenters. The quantitative estimate of drug-likeness (QED) is 0.800. The van der Waals surface area contributed by atoms with E-state index in [1.165, 1.54) is 22.9 Å². The fourth-order valence-corrected chi connectivity index (χ4v) is 2.93. The Kier molecular flexibility index (Phi) is 5.63. The van der Waals surface area contributed by atoms with Gasteiger partial charge in [-0.2, -0.15) is 0 Å². The first-order valence-electron chi connectivity index (χ1n) is 7.15. The van der Waals surface area contributed by atoms with Gasteiger partial charge >= 0.3 is 0 Å². The molecule has 0 saturated heterocycles. The molecular weight excluding hydrogens is 298 g/mol. The van der Waals surface area contributed by atoms with Gasteiger partial charge in [-0.25, -0.2) is 4.98 Å². The molecule has 0 saturated carbocycles. The van der Waals surface area contributed by atoms with Crippen LogP contribution in [0.5, 0.6) is 0 Å². The van der Waals surface area contributed by atoms with Crippen molar-refractivity contribution in [2.24, 2.45) is 0 Å². The predicted octanol–water partition coefficient (Wildman–Crippen LogP) is 2.08. The highest BCUT2D eigenvalue weighted by Gasteiger charge is 2.10. The molecule has 1 atom stereocenters. The van der Waals surface area contributed by atoms with Crippen molar-refractivity contribution in [2.75, 3.05) is 12.3 Å². The molecule has 1 aromatic heterocycles. The van der Waals surface area contributed by atoms with E-state index in [9.17, 15) is 4.79 Å². The summed E-state index contributed by atoms with van der Waals surface area (Å²) in [6.45, 7) is 6.03. The van der Waals surface area contributed by atoms with E-state index < -0.39 is 6.10 Å². The maximum atomic E-state index is 11.7. The van der Waals surface area contributed by atoms with E-state index in [0.29, 0.717) is 0 Å². The monoisotopic (exact) mass is 319 g/mol. The topological polar surface area (TPSA) is 67.2 Å². The molecular formula is C16H21N3O2S. The Balaban J connectivity index is 2.05. The second-order valence-corrected chi connectivity index (χ2v) is 6.31. The zero-order valence-corrected chi connectivity index (χ0v) is 13.9. The lowest BCUT2D eigenvalue weighted by Crippen LogP contribution is -2.31. The summed E-state index contributed by atoms with van der Waals surface area (Å²) in [6, 6.07) is 6.30. The highest BCUT2D eigenvalue weighted by Crippen LogP contribution is 2.21. The molecule has 0 fully saturated rings. The maximum Gasteiger partial charge on any atom is 0.230 e. The van der Waals surface area contributed by atoms with Gasteiger partial charge in [0.1, 0.15) is 0 Å². The minimum atomic E-state index is -0.536. The van der Waals surface area contributed by atoms with Crippen molar-refractivity contribution in [3.8, 4) is 5.69 Å². The van der Waals surface area contributed by atoms with E-state index in [4.69, 9.17) is 5.11 Å². The maximum absolute atomic E-state index is 11.7. The van der Waals surface area contributed by atoms with Crippen LogP contribution in [0.3, 0.4) is 0 Å². The fourth-order valence-electron chi connectivity index (χ4n) is 2.13. The molecule has 2 N–H and O–H groups in total. The number of aryl methyl sites for hydroxylation is 2. The third-order valence-corrected chi connectivity index (χ3v) is 3.99. The second kappa shape index (κ2) is 7.47. The predicted molar refractivity (Wildman–Crippen MR) is 88.5 cm³/mol. The van der Waals surface area contributed by atoms with Gasteiger partial charge in [-0.15, -0.1) is 0 Å². The minimum Gasteiger partial charge on any atom is -0.392 e. The molecule has 5 nitrogen and oxygen atoms in total. The lowest BCUT2D eigenvalue weighted by atomic mass is 10.1. The van der Waals surface area contributed by atoms with Crippen molar-refractivity contribution < 1.29 is 9.90 Å². The number of aliphatic hydroxyl groups is 1. The van der Waals surface area contributed by atoms with Crippen LogP contribution in [0.4, 0.5) is 0 Å². The van der Waals surface area contributed by atoms with Gasteiger partial charge in [-0.1, -0.05) is 17.8 Å². The number of hydrogen-bond acceptors (Lipinski definition) is 4. The molecule has 118 valence electrons.